The Bertz CT molecular complexity index is 113. The molecule has 2 aliphatic rings. The van der Waals surface area contributed by atoms with Crippen molar-refractivity contribution in [3.05, 3.63) is 0 Å². The highest BCUT2D eigenvalue weighted by molar-refractivity contribution is 5.01. The zero-order valence-corrected chi connectivity index (χ0v) is 6.80. The summed E-state index contributed by atoms with van der Waals surface area (Å²) in [4.78, 5) is 2.38. The van der Waals surface area contributed by atoms with Crippen molar-refractivity contribution in [3.63, 3.8) is 0 Å². The average Bonchev–Trinajstić information content (AvgIpc) is 2.43. The van der Waals surface area contributed by atoms with Crippen molar-refractivity contribution in [2.24, 2.45) is 5.92 Å². The van der Waals surface area contributed by atoms with Crippen LogP contribution in [0, 0.1) is 5.92 Å². The monoisotopic (exact) mass is 140 g/mol. The molecule has 10 heavy (non-hydrogen) atoms. The fourth-order valence-electron chi connectivity index (χ4n) is 2.59. The van der Waals surface area contributed by atoms with E-state index in [-0.39, 0.29) is 0 Å². The molecule has 0 unspecified atom stereocenters. The number of fused-ring (bicyclic) bond motifs is 2. The molecule has 1 N–H and O–H groups in total. The summed E-state index contributed by atoms with van der Waals surface area (Å²) < 4.78 is 0. The van der Waals surface area contributed by atoms with E-state index in [4.69, 9.17) is 0 Å². The summed E-state index contributed by atoms with van der Waals surface area (Å²) in [5.41, 5.74) is 0. The van der Waals surface area contributed by atoms with E-state index in [1.165, 1.54) is 19.4 Å². The molecule has 0 radical (unpaired) electrons. The van der Waals surface area contributed by atoms with Crippen molar-refractivity contribution in [2.75, 3.05) is 20.6 Å². The fraction of sp³-hybridized carbons (Fsp3) is 1.00. The number of hydrogen-bond donors (Lipinski definition) is 1. The summed E-state index contributed by atoms with van der Waals surface area (Å²) in [5, 5.41) is 3.55. The minimum atomic E-state index is 0.806. The minimum absolute atomic E-state index is 0.806. The number of nitrogens with one attached hydrogen (secondary N) is 1. The third kappa shape index (κ3) is 0.789. The van der Waals surface area contributed by atoms with Crippen LogP contribution in [0.4, 0.5) is 0 Å². The summed E-state index contributed by atoms with van der Waals surface area (Å²) in [5.74, 6) is 0.944. The molecule has 0 aromatic rings. The van der Waals surface area contributed by atoms with Gasteiger partial charge in [-0.05, 0) is 39.4 Å². The molecule has 2 bridgehead atoms. The lowest BCUT2D eigenvalue weighted by molar-refractivity contribution is 0.261. The van der Waals surface area contributed by atoms with Crippen molar-refractivity contribution >= 4 is 0 Å². The zero-order valence-electron chi connectivity index (χ0n) is 6.80. The van der Waals surface area contributed by atoms with E-state index >= 15 is 0 Å². The molecular weight excluding hydrogens is 124 g/mol. The highest BCUT2D eigenvalue weighted by atomic mass is 15.2. The highest BCUT2D eigenvalue weighted by Gasteiger charge is 2.42. The molecule has 0 aromatic carbocycles. The molecule has 1 saturated heterocycles. The molecule has 2 fully saturated rings. The Hall–Kier alpha value is -0.0800. The van der Waals surface area contributed by atoms with Gasteiger partial charge in [-0.3, -0.25) is 0 Å². The Morgan fingerprint density at radius 3 is 2.30 bits per heavy atom. The van der Waals surface area contributed by atoms with Gasteiger partial charge in [-0.15, -0.1) is 0 Å². The van der Waals surface area contributed by atoms with Gasteiger partial charge in [0, 0.05) is 12.1 Å². The second-order valence-corrected chi connectivity index (χ2v) is 3.81. The lowest BCUT2D eigenvalue weighted by atomic mass is 10.1. The van der Waals surface area contributed by atoms with E-state index < -0.39 is 0 Å². The maximum atomic E-state index is 3.55. The van der Waals surface area contributed by atoms with Crippen molar-refractivity contribution in [2.45, 2.75) is 24.9 Å². The number of piperidine rings is 1. The molecular formula is C8H16N2. The largest absolute Gasteiger partial charge is 0.312 e. The SMILES string of the molecule is CN(C)[C@@H]1[C@@H]2CC[C@H]1NC2. The molecule has 0 aromatic heterocycles. The second-order valence-electron chi connectivity index (χ2n) is 3.81. The van der Waals surface area contributed by atoms with E-state index in [0.717, 1.165) is 18.0 Å². The van der Waals surface area contributed by atoms with Gasteiger partial charge >= 0.3 is 0 Å². The topological polar surface area (TPSA) is 15.3 Å². The predicted octanol–water partition coefficient (Wildman–Crippen LogP) is 0.298. The lowest BCUT2D eigenvalue weighted by Gasteiger charge is -2.22. The van der Waals surface area contributed by atoms with Gasteiger partial charge in [0.1, 0.15) is 0 Å². The Labute approximate surface area is 62.6 Å². The molecule has 2 rings (SSSR count). The molecule has 1 aliphatic carbocycles. The van der Waals surface area contributed by atoms with Gasteiger partial charge in [-0.25, -0.2) is 0 Å². The van der Waals surface area contributed by atoms with E-state index in [2.05, 4.69) is 24.3 Å². The average molecular weight is 140 g/mol. The fourth-order valence-corrected chi connectivity index (χ4v) is 2.59. The first-order chi connectivity index (χ1) is 4.79. The first kappa shape index (κ1) is 6.62. The number of rotatable bonds is 1. The number of likely N-dealkylation sites (N-methyl/N-ethyl adjacent to an activating group) is 1. The van der Waals surface area contributed by atoms with Gasteiger partial charge in [-0.1, -0.05) is 0 Å². The van der Waals surface area contributed by atoms with Crippen molar-refractivity contribution < 1.29 is 0 Å². The molecule has 1 saturated carbocycles. The number of hydrogen-bond acceptors (Lipinski definition) is 2. The summed E-state index contributed by atoms with van der Waals surface area (Å²) >= 11 is 0. The van der Waals surface area contributed by atoms with E-state index in [9.17, 15) is 0 Å². The van der Waals surface area contributed by atoms with Crippen LogP contribution in [0.15, 0.2) is 0 Å². The molecule has 3 atom stereocenters. The second kappa shape index (κ2) is 2.21. The molecule has 0 spiro atoms. The van der Waals surface area contributed by atoms with Crippen LogP contribution in [-0.4, -0.2) is 37.6 Å². The Morgan fingerprint density at radius 2 is 2.10 bits per heavy atom. The van der Waals surface area contributed by atoms with Crippen molar-refractivity contribution in [3.8, 4) is 0 Å². The molecule has 58 valence electrons. The van der Waals surface area contributed by atoms with Gasteiger partial charge in [-0.2, -0.15) is 0 Å². The first-order valence-corrected chi connectivity index (χ1v) is 4.19. The van der Waals surface area contributed by atoms with Crippen LogP contribution in [0.3, 0.4) is 0 Å². The van der Waals surface area contributed by atoms with Crippen LogP contribution < -0.4 is 5.32 Å². The van der Waals surface area contributed by atoms with E-state index in [0.29, 0.717) is 0 Å². The van der Waals surface area contributed by atoms with Crippen LogP contribution in [0.5, 0.6) is 0 Å². The molecule has 1 aliphatic heterocycles. The smallest absolute Gasteiger partial charge is 0.0283 e. The third-order valence-corrected chi connectivity index (χ3v) is 2.98. The molecule has 0 amide bonds. The summed E-state index contributed by atoms with van der Waals surface area (Å²) in [6.45, 7) is 1.26. The van der Waals surface area contributed by atoms with Gasteiger partial charge in [0.05, 0.1) is 0 Å². The minimum Gasteiger partial charge on any atom is -0.312 e. The van der Waals surface area contributed by atoms with E-state index in [1.54, 1.807) is 0 Å². The zero-order chi connectivity index (χ0) is 7.14. The third-order valence-electron chi connectivity index (χ3n) is 2.98. The predicted molar refractivity (Wildman–Crippen MR) is 42.0 cm³/mol. The Balaban J connectivity index is 2.09. The van der Waals surface area contributed by atoms with Gasteiger partial charge in [0.25, 0.3) is 0 Å². The lowest BCUT2D eigenvalue weighted by Crippen LogP contribution is -2.37. The van der Waals surface area contributed by atoms with Gasteiger partial charge < -0.3 is 10.2 Å². The Morgan fingerprint density at radius 1 is 1.30 bits per heavy atom. The van der Waals surface area contributed by atoms with Gasteiger partial charge in [0.2, 0.25) is 0 Å². The van der Waals surface area contributed by atoms with Crippen LogP contribution in [-0.2, 0) is 0 Å². The van der Waals surface area contributed by atoms with Crippen molar-refractivity contribution in [1.29, 1.82) is 0 Å². The quantitative estimate of drug-likeness (QED) is 0.563. The molecule has 2 heteroatoms. The summed E-state index contributed by atoms with van der Waals surface area (Å²) in [6.07, 6.45) is 2.84. The summed E-state index contributed by atoms with van der Waals surface area (Å²) in [7, 11) is 4.39. The van der Waals surface area contributed by atoms with E-state index in [1.807, 2.05) is 0 Å². The van der Waals surface area contributed by atoms with Crippen LogP contribution >= 0.6 is 0 Å². The van der Waals surface area contributed by atoms with Crippen LogP contribution in [0.1, 0.15) is 12.8 Å². The Kier molecular flexibility index (Phi) is 1.46. The van der Waals surface area contributed by atoms with Crippen LogP contribution in [0.2, 0.25) is 0 Å². The highest BCUT2D eigenvalue weighted by Crippen LogP contribution is 2.33. The first-order valence-electron chi connectivity index (χ1n) is 4.19. The normalized spacial score (nSPS) is 45.3. The number of nitrogens with zero attached hydrogens (tertiary/aromatic N) is 1. The van der Waals surface area contributed by atoms with Crippen LogP contribution in [0.25, 0.3) is 0 Å². The van der Waals surface area contributed by atoms with Crippen molar-refractivity contribution in [1.82, 2.24) is 10.2 Å². The summed E-state index contributed by atoms with van der Waals surface area (Å²) in [6, 6.07) is 1.64. The molecule has 1 heterocycles. The maximum absolute atomic E-state index is 3.55. The molecule has 2 nitrogen and oxygen atoms in total. The standard InChI is InChI=1S/C8H16N2/c1-10(2)8-6-3-4-7(8)9-5-6/h6-9H,3-5H2,1-2H3/t6-,7-,8-/m1/s1. The maximum Gasteiger partial charge on any atom is 0.0283 e. The van der Waals surface area contributed by atoms with Gasteiger partial charge in [0.15, 0.2) is 0 Å².